The summed E-state index contributed by atoms with van der Waals surface area (Å²) in [6, 6.07) is 5.80. The summed E-state index contributed by atoms with van der Waals surface area (Å²) in [5, 5.41) is 5.31. The molecule has 2 saturated heterocycles. The highest BCUT2D eigenvalue weighted by Gasteiger charge is 2.25. The van der Waals surface area contributed by atoms with Crippen LogP contribution in [0.5, 0.6) is 0 Å². The molecule has 2 fully saturated rings. The highest BCUT2D eigenvalue weighted by Crippen LogP contribution is 2.34. The molecule has 5 rings (SSSR count). The molecule has 0 amide bonds. The standard InChI is InChI=1S/C23H29N5O4S/c1-16-14-31-12-10-27(16)20-13-17(15-33(2,29)30)18-6-8-24-23(22(18)26-20)19-7-9-25-28(19)21-5-3-4-11-32-21/h6-9,13,16,21H,3-5,10-12,14-15H2,1-2H3/t16-,21?/m1/s1. The maximum atomic E-state index is 12.3. The molecule has 0 N–H and O–H groups in total. The number of rotatable bonds is 5. The third-order valence-electron chi connectivity index (χ3n) is 6.22. The molecule has 0 radical (unpaired) electrons. The third-order valence-corrected chi connectivity index (χ3v) is 7.06. The summed E-state index contributed by atoms with van der Waals surface area (Å²) >= 11 is 0. The molecule has 10 heteroatoms. The van der Waals surface area contributed by atoms with Crippen molar-refractivity contribution in [2.24, 2.45) is 0 Å². The van der Waals surface area contributed by atoms with Crippen LogP contribution in [-0.4, -0.2) is 66.8 Å². The summed E-state index contributed by atoms with van der Waals surface area (Å²) in [5.74, 6) is 0.679. The van der Waals surface area contributed by atoms with Crippen molar-refractivity contribution in [2.45, 2.75) is 44.2 Å². The predicted molar refractivity (Wildman–Crippen MR) is 126 cm³/mol. The fourth-order valence-electron chi connectivity index (χ4n) is 4.66. The first-order valence-corrected chi connectivity index (χ1v) is 13.4. The van der Waals surface area contributed by atoms with E-state index in [0.29, 0.717) is 37.6 Å². The number of morpholine rings is 1. The minimum atomic E-state index is -3.25. The number of sulfone groups is 1. The van der Waals surface area contributed by atoms with E-state index in [-0.39, 0.29) is 18.0 Å². The van der Waals surface area contributed by atoms with E-state index in [1.165, 1.54) is 6.26 Å². The summed E-state index contributed by atoms with van der Waals surface area (Å²) in [6.07, 6.45) is 7.61. The van der Waals surface area contributed by atoms with Gasteiger partial charge in [-0.05, 0) is 49.9 Å². The van der Waals surface area contributed by atoms with Gasteiger partial charge < -0.3 is 14.4 Å². The van der Waals surface area contributed by atoms with Crippen molar-refractivity contribution in [2.75, 3.05) is 37.5 Å². The summed E-state index contributed by atoms with van der Waals surface area (Å²) in [5.41, 5.74) is 2.89. The van der Waals surface area contributed by atoms with Gasteiger partial charge in [0.05, 0.1) is 30.7 Å². The Morgan fingerprint density at radius 3 is 2.82 bits per heavy atom. The van der Waals surface area contributed by atoms with Gasteiger partial charge in [0.1, 0.15) is 17.0 Å². The van der Waals surface area contributed by atoms with Crippen molar-refractivity contribution in [1.29, 1.82) is 0 Å². The number of anilines is 1. The normalized spacial score (nSPS) is 22.1. The lowest BCUT2D eigenvalue weighted by Gasteiger charge is -2.34. The molecule has 0 saturated carbocycles. The zero-order chi connectivity index (χ0) is 23.0. The first kappa shape index (κ1) is 22.2. The Balaban J connectivity index is 1.69. The molecule has 0 aromatic carbocycles. The van der Waals surface area contributed by atoms with Crippen LogP contribution in [0.3, 0.4) is 0 Å². The minimum Gasteiger partial charge on any atom is -0.377 e. The van der Waals surface area contributed by atoms with Gasteiger partial charge in [-0.1, -0.05) is 0 Å². The van der Waals surface area contributed by atoms with E-state index in [4.69, 9.17) is 14.5 Å². The van der Waals surface area contributed by atoms with Gasteiger partial charge in [0, 0.05) is 37.2 Å². The van der Waals surface area contributed by atoms with E-state index < -0.39 is 9.84 Å². The van der Waals surface area contributed by atoms with Crippen molar-refractivity contribution < 1.29 is 17.9 Å². The summed E-state index contributed by atoms with van der Waals surface area (Å²) < 4.78 is 38.0. The number of ether oxygens (including phenoxy) is 2. The number of nitrogens with zero attached hydrogens (tertiary/aromatic N) is 5. The monoisotopic (exact) mass is 471 g/mol. The predicted octanol–water partition coefficient (Wildman–Crippen LogP) is 2.96. The van der Waals surface area contributed by atoms with Crippen LogP contribution in [0.15, 0.2) is 30.6 Å². The molecule has 2 aliphatic rings. The van der Waals surface area contributed by atoms with Gasteiger partial charge in [0.2, 0.25) is 0 Å². The van der Waals surface area contributed by atoms with Crippen LogP contribution >= 0.6 is 0 Å². The first-order valence-electron chi connectivity index (χ1n) is 11.4. The quantitative estimate of drug-likeness (QED) is 0.560. The molecular weight excluding hydrogens is 442 g/mol. The zero-order valence-electron chi connectivity index (χ0n) is 19.0. The van der Waals surface area contributed by atoms with Gasteiger partial charge >= 0.3 is 0 Å². The molecule has 3 aromatic heterocycles. The summed E-state index contributed by atoms with van der Waals surface area (Å²) in [6.45, 7) is 4.70. The molecule has 176 valence electrons. The Labute approximate surface area is 193 Å². The molecule has 0 aliphatic carbocycles. The van der Waals surface area contributed by atoms with E-state index in [1.54, 1.807) is 12.4 Å². The highest BCUT2D eigenvalue weighted by atomic mass is 32.2. The topological polar surface area (TPSA) is 99.4 Å². The van der Waals surface area contributed by atoms with Crippen molar-refractivity contribution in [3.05, 3.63) is 36.2 Å². The summed E-state index contributed by atoms with van der Waals surface area (Å²) in [4.78, 5) is 11.9. The minimum absolute atomic E-state index is 0.0633. The van der Waals surface area contributed by atoms with E-state index >= 15 is 0 Å². The Morgan fingerprint density at radius 2 is 2.06 bits per heavy atom. The molecule has 0 spiro atoms. The van der Waals surface area contributed by atoms with E-state index in [1.807, 2.05) is 22.9 Å². The number of hydrogen-bond donors (Lipinski definition) is 0. The van der Waals surface area contributed by atoms with Crippen molar-refractivity contribution in [1.82, 2.24) is 19.7 Å². The Bertz CT molecular complexity index is 1250. The Kier molecular flexibility index (Phi) is 6.07. The lowest BCUT2D eigenvalue weighted by atomic mass is 10.1. The highest BCUT2D eigenvalue weighted by molar-refractivity contribution is 7.89. The van der Waals surface area contributed by atoms with Crippen molar-refractivity contribution in [3.63, 3.8) is 0 Å². The molecule has 0 bridgehead atoms. The largest absolute Gasteiger partial charge is 0.377 e. The SMILES string of the molecule is C[C@@H]1COCCN1c1cc(CS(C)(=O)=O)c2ccnc(-c3ccnn3C3CCCCO3)c2n1. The second-order valence-electron chi connectivity index (χ2n) is 8.86. The van der Waals surface area contributed by atoms with Crippen LogP contribution in [0.2, 0.25) is 0 Å². The Morgan fingerprint density at radius 1 is 1.18 bits per heavy atom. The van der Waals surface area contributed by atoms with Gasteiger partial charge in [0.15, 0.2) is 16.1 Å². The third kappa shape index (κ3) is 4.60. The summed E-state index contributed by atoms with van der Waals surface area (Å²) in [7, 11) is -3.25. The average molecular weight is 472 g/mol. The number of fused-ring (bicyclic) bond motifs is 1. The lowest BCUT2D eigenvalue weighted by Crippen LogP contribution is -2.44. The maximum Gasteiger partial charge on any atom is 0.151 e. The van der Waals surface area contributed by atoms with Crippen LogP contribution in [-0.2, 0) is 25.1 Å². The molecule has 2 aliphatic heterocycles. The van der Waals surface area contributed by atoms with Crippen LogP contribution in [0.1, 0.15) is 38.0 Å². The number of aromatic nitrogens is 4. The fraction of sp³-hybridized carbons (Fsp3) is 0.522. The molecule has 3 aromatic rings. The molecule has 1 unspecified atom stereocenters. The van der Waals surface area contributed by atoms with Crippen molar-refractivity contribution in [3.8, 4) is 11.4 Å². The van der Waals surface area contributed by atoms with Crippen LogP contribution in [0.4, 0.5) is 5.82 Å². The molecule has 5 heterocycles. The van der Waals surface area contributed by atoms with E-state index in [9.17, 15) is 8.42 Å². The second kappa shape index (κ2) is 9.00. The molecule has 33 heavy (non-hydrogen) atoms. The van der Waals surface area contributed by atoms with Crippen LogP contribution < -0.4 is 4.90 Å². The average Bonchev–Trinajstić information content (AvgIpc) is 3.28. The molecule has 2 atom stereocenters. The molecule has 9 nitrogen and oxygen atoms in total. The smallest absolute Gasteiger partial charge is 0.151 e. The van der Waals surface area contributed by atoms with Gasteiger partial charge in [-0.2, -0.15) is 5.10 Å². The van der Waals surface area contributed by atoms with Gasteiger partial charge in [0.25, 0.3) is 0 Å². The number of pyridine rings is 2. The van der Waals surface area contributed by atoms with E-state index in [0.717, 1.165) is 41.7 Å². The van der Waals surface area contributed by atoms with Gasteiger partial charge in [-0.3, -0.25) is 4.98 Å². The van der Waals surface area contributed by atoms with Crippen LogP contribution in [0, 0.1) is 0 Å². The van der Waals surface area contributed by atoms with Gasteiger partial charge in [-0.25, -0.2) is 18.1 Å². The lowest BCUT2D eigenvalue weighted by molar-refractivity contribution is -0.0383. The van der Waals surface area contributed by atoms with Crippen molar-refractivity contribution >= 4 is 26.6 Å². The molecular formula is C23H29N5O4S. The second-order valence-corrected chi connectivity index (χ2v) is 11.0. The maximum absolute atomic E-state index is 12.3. The van der Waals surface area contributed by atoms with Gasteiger partial charge in [-0.15, -0.1) is 0 Å². The van der Waals surface area contributed by atoms with Crippen LogP contribution in [0.25, 0.3) is 22.3 Å². The van der Waals surface area contributed by atoms with E-state index in [2.05, 4.69) is 21.9 Å². The number of hydrogen-bond acceptors (Lipinski definition) is 8. The fourth-order valence-corrected chi connectivity index (χ4v) is 5.46. The first-order chi connectivity index (χ1) is 15.9. The zero-order valence-corrected chi connectivity index (χ0v) is 19.8. The Hall–Kier alpha value is -2.56.